The monoisotopic (exact) mass is 498 g/mol. The number of benzene rings is 2. The number of pyridine rings is 1. The molecule has 8 nitrogen and oxygen atoms in total. The van der Waals surface area contributed by atoms with E-state index in [0.29, 0.717) is 22.4 Å². The van der Waals surface area contributed by atoms with Gasteiger partial charge in [0.15, 0.2) is 5.78 Å². The molecule has 3 aromatic rings. The largest absolute Gasteiger partial charge is 0.497 e. The number of ether oxygens (including phenoxy) is 1. The van der Waals surface area contributed by atoms with Crippen LogP contribution in [-0.4, -0.2) is 29.9 Å². The number of carbonyl (C=O) groups is 2. The highest BCUT2D eigenvalue weighted by Gasteiger charge is 2.45. The van der Waals surface area contributed by atoms with Gasteiger partial charge in [0.25, 0.3) is 5.56 Å². The lowest BCUT2D eigenvalue weighted by atomic mass is 9.82. The molecule has 0 N–H and O–H groups in total. The Morgan fingerprint density at radius 3 is 2.38 bits per heavy atom. The van der Waals surface area contributed by atoms with E-state index in [1.54, 1.807) is 13.0 Å². The minimum atomic E-state index is -0.958. The molecule has 0 saturated carbocycles. The Bertz CT molecular complexity index is 1520. The van der Waals surface area contributed by atoms with Gasteiger partial charge in [-0.1, -0.05) is 12.1 Å². The Morgan fingerprint density at radius 2 is 1.78 bits per heavy atom. The summed E-state index contributed by atoms with van der Waals surface area (Å²) >= 11 is 0. The van der Waals surface area contributed by atoms with E-state index in [1.165, 1.54) is 66.2 Å². The van der Waals surface area contributed by atoms with E-state index < -0.39 is 29.1 Å². The Hall–Kier alpha value is -4.76. The van der Waals surface area contributed by atoms with Crippen LogP contribution in [0.2, 0.25) is 0 Å². The number of carbonyl (C=O) groups excluding carboxylic acids is 2. The van der Waals surface area contributed by atoms with E-state index in [1.807, 2.05) is 12.1 Å². The van der Waals surface area contributed by atoms with E-state index >= 15 is 4.39 Å². The van der Waals surface area contributed by atoms with Crippen LogP contribution in [0.4, 0.5) is 10.1 Å². The summed E-state index contributed by atoms with van der Waals surface area (Å²) in [7, 11) is 2.90. The summed E-state index contributed by atoms with van der Waals surface area (Å²) in [5.41, 5.74) is 1.22. The lowest BCUT2D eigenvalue weighted by Gasteiger charge is -2.20. The van der Waals surface area contributed by atoms with Crippen molar-refractivity contribution in [3.05, 3.63) is 92.6 Å². The number of aromatic nitrogens is 1. The number of rotatable bonds is 6. The van der Waals surface area contributed by atoms with Gasteiger partial charge in [-0.15, -0.1) is 0 Å². The number of halogens is 1. The Morgan fingerprint density at radius 1 is 1.11 bits per heavy atom. The Labute approximate surface area is 212 Å². The molecule has 37 heavy (non-hydrogen) atoms. The highest BCUT2D eigenvalue weighted by molar-refractivity contribution is 6.04. The molecule has 1 aliphatic heterocycles. The number of anilines is 1. The van der Waals surface area contributed by atoms with Crippen molar-refractivity contribution in [1.82, 2.24) is 4.57 Å². The summed E-state index contributed by atoms with van der Waals surface area (Å²) in [6.07, 6.45) is 1.14. The highest BCUT2D eigenvalue weighted by atomic mass is 19.1. The number of hydrogen-bond acceptors (Lipinski definition) is 6. The summed E-state index contributed by atoms with van der Waals surface area (Å²) in [4.78, 5) is 41.1. The highest BCUT2D eigenvalue weighted by Crippen LogP contribution is 2.41. The third-order valence-corrected chi connectivity index (χ3v) is 6.69. The normalized spacial score (nSPS) is 16.8. The van der Waals surface area contributed by atoms with E-state index in [-0.39, 0.29) is 35.6 Å². The molecule has 0 unspecified atom stereocenters. The molecule has 0 bridgehead atoms. The van der Waals surface area contributed by atoms with Crippen LogP contribution in [0.5, 0.6) is 5.75 Å². The van der Waals surface area contributed by atoms with Crippen molar-refractivity contribution < 1.29 is 18.7 Å². The first-order valence-corrected chi connectivity index (χ1v) is 11.5. The van der Waals surface area contributed by atoms with Crippen LogP contribution in [0, 0.1) is 41.3 Å². The second-order valence-electron chi connectivity index (χ2n) is 8.96. The smallest absolute Gasteiger partial charge is 0.274 e. The van der Waals surface area contributed by atoms with Gasteiger partial charge >= 0.3 is 0 Å². The first-order valence-electron chi connectivity index (χ1n) is 11.5. The molecule has 0 aliphatic carbocycles. The van der Waals surface area contributed by atoms with Crippen LogP contribution in [0.15, 0.2) is 53.5 Å². The fraction of sp³-hybridized carbons (Fsp3) is 0.250. The third-order valence-electron chi connectivity index (χ3n) is 6.69. The number of hydrogen-bond donors (Lipinski definition) is 0. The zero-order valence-electron chi connectivity index (χ0n) is 20.5. The van der Waals surface area contributed by atoms with Crippen LogP contribution in [-0.2, 0) is 11.8 Å². The van der Waals surface area contributed by atoms with Crippen LogP contribution in [0.1, 0.15) is 45.0 Å². The van der Waals surface area contributed by atoms with Crippen molar-refractivity contribution in [2.75, 3.05) is 18.6 Å². The predicted molar refractivity (Wildman–Crippen MR) is 133 cm³/mol. The molecule has 186 valence electrons. The molecule has 1 saturated heterocycles. The maximum absolute atomic E-state index is 15.4. The van der Waals surface area contributed by atoms with Crippen LogP contribution < -0.4 is 15.2 Å². The standard InChI is InChI=1S/C28H23FN4O4/c1-16-8-20(37-3)10-23(29)26(16)22-15-33(24-9-18(13-31)14-32(2)28(24)36)27(35)21(22)11-25(34)19-6-4-17(12-30)5-7-19/h4-10,14,21-22H,11,15H2,1-3H3/t21-,22+/m0/s1. The van der Waals surface area contributed by atoms with Crippen LogP contribution in [0.3, 0.4) is 0 Å². The van der Waals surface area contributed by atoms with Crippen molar-refractivity contribution in [2.45, 2.75) is 19.3 Å². The average Bonchev–Trinajstić information content (AvgIpc) is 3.20. The number of ketones is 1. The van der Waals surface area contributed by atoms with Crippen molar-refractivity contribution >= 4 is 17.4 Å². The number of nitriles is 2. The van der Waals surface area contributed by atoms with Gasteiger partial charge in [-0.3, -0.25) is 14.4 Å². The summed E-state index contributed by atoms with van der Waals surface area (Å²) in [6.45, 7) is 1.65. The Kier molecular flexibility index (Phi) is 6.90. The first kappa shape index (κ1) is 25.3. The van der Waals surface area contributed by atoms with Gasteiger partial charge in [-0.2, -0.15) is 10.5 Å². The van der Waals surface area contributed by atoms with Crippen molar-refractivity contribution in [3.8, 4) is 17.9 Å². The van der Waals surface area contributed by atoms with Gasteiger partial charge in [-0.25, -0.2) is 4.39 Å². The second kappa shape index (κ2) is 10.1. The molecule has 1 fully saturated rings. The van der Waals surface area contributed by atoms with Gasteiger partial charge in [-0.05, 0) is 42.3 Å². The van der Waals surface area contributed by atoms with Gasteiger partial charge in [0.2, 0.25) is 5.91 Å². The third kappa shape index (κ3) is 4.72. The summed E-state index contributed by atoms with van der Waals surface area (Å²) in [6, 6.07) is 14.2. The van der Waals surface area contributed by atoms with E-state index in [4.69, 9.17) is 10.00 Å². The molecule has 0 spiro atoms. The maximum atomic E-state index is 15.4. The van der Waals surface area contributed by atoms with Gasteiger partial charge in [0.1, 0.15) is 23.3 Å². The molecule has 0 radical (unpaired) electrons. The van der Waals surface area contributed by atoms with Crippen molar-refractivity contribution in [3.63, 3.8) is 0 Å². The number of amides is 1. The summed E-state index contributed by atoms with van der Waals surface area (Å²) in [5, 5.41) is 18.4. The molecule has 2 aromatic carbocycles. The fourth-order valence-electron chi connectivity index (χ4n) is 4.83. The fourth-order valence-corrected chi connectivity index (χ4v) is 4.83. The molecule has 2 atom stereocenters. The number of methoxy groups -OCH3 is 1. The lowest BCUT2D eigenvalue weighted by molar-refractivity contribution is -0.120. The SMILES string of the molecule is COc1cc(C)c([C@@H]2CN(c3cc(C#N)cn(C)c3=O)C(=O)[C@H]2CC(=O)c2ccc(C#N)cc2)c(F)c1. The quantitative estimate of drug-likeness (QED) is 0.480. The number of nitrogens with zero attached hydrogens (tertiary/aromatic N) is 4. The molecular weight excluding hydrogens is 475 g/mol. The van der Waals surface area contributed by atoms with Gasteiger partial charge in [0, 0.05) is 43.8 Å². The minimum absolute atomic E-state index is 0.00329. The summed E-state index contributed by atoms with van der Waals surface area (Å²) in [5.74, 6) is -2.81. The first-order chi connectivity index (χ1) is 17.7. The average molecular weight is 499 g/mol. The van der Waals surface area contributed by atoms with E-state index in [0.717, 1.165) is 0 Å². The molecular formula is C28H23FN4O4. The number of aryl methyl sites for hydroxylation is 2. The van der Waals surface area contributed by atoms with Gasteiger partial charge in [0.05, 0.1) is 30.2 Å². The maximum Gasteiger partial charge on any atom is 0.274 e. The van der Waals surface area contributed by atoms with Crippen LogP contribution >= 0.6 is 0 Å². The zero-order valence-corrected chi connectivity index (χ0v) is 20.5. The van der Waals surface area contributed by atoms with Gasteiger partial charge < -0.3 is 14.2 Å². The topological polar surface area (TPSA) is 116 Å². The van der Waals surface area contributed by atoms with E-state index in [2.05, 4.69) is 0 Å². The number of Topliss-reactive ketones (excluding diaryl/α,β-unsaturated/α-hetero) is 1. The van der Waals surface area contributed by atoms with Crippen molar-refractivity contribution in [1.29, 1.82) is 10.5 Å². The summed E-state index contributed by atoms with van der Waals surface area (Å²) < 4.78 is 21.7. The molecule has 2 heterocycles. The zero-order chi connectivity index (χ0) is 26.9. The molecule has 9 heteroatoms. The predicted octanol–water partition coefficient (Wildman–Crippen LogP) is 3.60. The van der Waals surface area contributed by atoms with Crippen molar-refractivity contribution in [2.24, 2.45) is 13.0 Å². The van der Waals surface area contributed by atoms with Crippen LogP contribution in [0.25, 0.3) is 0 Å². The molecule has 1 aliphatic rings. The lowest BCUT2D eigenvalue weighted by Crippen LogP contribution is -2.34. The van der Waals surface area contributed by atoms with E-state index in [9.17, 15) is 19.6 Å². The second-order valence-corrected chi connectivity index (χ2v) is 8.96. The molecule has 4 rings (SSSR count). The minimum Gasteiger partial charge on any atom is -0.497 e. The Balaban J connectivity index is 1.80. The molecule has 1 aromatic heterocycles. The molecule has 1 amide bonds.